The highest BCUT2D eigenvalue weighted by Gasteiger charge is 2.50. The van der Waals surface area contributed by atoms with Gasteiger partial charge >= 0.3 is 0 Å². The number of carbonyl (C=O) groups excluding carboxylic acids is 1. The number of hydrogen-bond acceptors (Lipinski definition) is 6. The molecule has 1 aliphatic heterocycles. The van der Waals surface area contributed by atoms with Gasteiger partial charge in [0.1, 0.15) is 5.82 Å². The molecule has 2 aliphatic rings. The van der Waals surface area contributed by atoms with Gasteiger partial charge in [-0.2, -0.15) is 8.61 Å². The molecule has 0 bridgehead atoms. The summed E-state index contributed by atoms with van der Waals surface area (Å²) in [7, 11) is -8.86. The molecule has 2 aromatic carbocycles. The van der Waals surface area contributed by atoms with Gasteiger partial charge in [0.15, 0.2) is 6.17 Å². The van der Waals surface area contributed by atoms with Crippen LogP contribution < -0.4 is 11.1 Å². The van der Waals surface area contributed by atoms with Gasteiger partial charge in [-0.1, -0.05) is 34.8 Å². The van der Waals surface area contributed by atoms with Crippen LogP contribution in [-0.2, 0) is 24.8 Å². The predicted molar refractivity (Wildman–Crippen MR) is 138 cm³/mol. The summed E-state index contributed by atoms with van der Waals surface area (Å²) in [6, 6.07) is 6.16. The fourth-order valence-corrected chi connectivity index (χ4v) is 8.25. The van der Waals surface area contributed by atoms with E-state index in [1.54, 1.807) is 0 Å². The number of carbonyl (C=O) groups is 1. The third-order valence-electron chi connectivity index (χ3n) is 6.43. The van der Waals surface area contributed by atoms with E-state index in [0.717, 1.165) is 32.9 Å². The van der Waals surface area contributed by atoms with Crippen molar-refractivity contribution >= 4 is 60.8 Å². The summed E-state index contributed by atoms with van der Waals surface area (Å²) >= 11 is 17.7. The van der Waals surface area contributed by atoms with Crippen LogP contribution in [0.1, 0.15) is 25.7 Å². The van der Waals surface area contributed by atoms with E-state index in [0.29, 0.717) is 25.7 Å². The van der Waals surface area contributed by atoms with E-state index < -0.39 is 43.0 Å². The van der Waals surface area contributed by atoms with Crippen molar-refractivity contribution in [2.45, 2.75) is 53.7 Å². The maximum absolute atomic E-state index is 13.7. The number of hydrogen-bond donors (Lipinski definition) is 2. The average Bonchev–Trinajstić information content (AvgIpc) is 3.31. The second-order valence-electron chi connectivity index (χ2n) is 8.88. The van der Waals surface area contributed by atoms with Crippen LogP contribution in [-0.4, -0.2) is 62.7 Å². The summed E-state index contributed by atoms with van der Waals surface area (Å²) in [5.41, 5.74) is 5.94. The summed E-state index contributed by atoms with van der Waals surface area (Å²) in [5, 5.41) is 2.47. The Morgan fingerprint density at radius 3 is 1.86 bits per heavy atom. The second-order valence-corrected chi connectivity index (χ2v) is 13.9. The fraction of sp³-hybridized carbons (Fsp3) is 0.409. The number of nitrogens with one attached hydrogen (secondary N) is 1. The molecule has 202 valence electrons. The lowest BCUT2D eigenvalue weighted by molar-refractivity contribution is -0.127. The zero-order chi connectivity index (χ0) is 27.1. The standard InChI is InChI=1S/C22H24Cl3FN4O5S2/c23-17-7-5-15(11-18(17)24)36(32,33)29-9-10-30(37(34,35)16-6-8-20(26)19(25)12-16)22(29)21(31)28-14-3-1-13(27)2-4-14/h5-8,11-14,22H,1-4,9-10,27H2,(H,28,31). The molecule has 0 radical (unpaired) electrons. The highest BCUT2D eigenvalue weighted by atomic mass is 35.5. The Kier molecular flexibility index (Phi) is 8.42. The maximum Gasteiger partial charge on any atom is 0.254 e. The normalized spacial score (nSPS) is 23.8. The third-order valence-corrected chi connectivity index (χ3v) is 11.2. The molecule has 37 heavy (non-hydrogen) atoms. The van der Waals surface area contributed by atoms with Gasteiger partial charge in [-0.15, -0.1) is 0 Å². The zero-order valence-corrected chi connectivity index (χ0v) is 23.2. The minimum Gasteiger partial charge on any atom is -0.351 e. The Balaban J connectivity index is 1.73. The minimum absolute atomic E-state index is 0.00580. The van der Waals surface area contributed by atoms with Gasteiger partial charge in [-0.05, 0) is 62.1 Å². The number of rotatable bonds is 6. The van der Waals surface area contributed by atoms with Gasteiger partial charge in [0, 0.05) is 25.2 Å². The van der Waals surface area contributed by atoms with Gasteiger partial charge in [0.2, 0.25) is 20.0 Å². The molecule has 1 unspecified atom stereocenters. The Morgan fingerprint density at radius 1 is 0.838 bits per heavy atom. The van der Waals surface area contributed by atoms with Gasteiger partial charge < -0.3 is 11.1 Å². The second kappa shape index (κ2) is 10.9. The average molecular weight is 614 g/mol. The Hall–Kier alpha value is -1.51. The molecule has 2 aromatic rings. The smallest absolute Gasteiger partial charge is 0.254 e. The molecule has 0 spiro atoms. The molecule has 1 saturated carbocycles. The van der Waals surface area contributed by atoms with Crippen LogP contribution in [0.5, 0.6) is 0 Å². The number of benzene rings is 2. The van der Waals surface area contributed by atoms with Crippen LogP contribution in [0, 0.1) is 5.82 Å². The first-order chi connectivity index (χ1) is 17.3. The Labute approximate surface area is 229 Å². The number of amides is 1. The minimum atomic E-state index is -4.46. The first kappa shape index (κ1) is 28.5. The van der Waals surface area contributed by atoms with Crippen LogP contribution >= 0.6 is 34.8 Å². The van der Waals surface area contributed by atoms with Crippen LogP contribution in [0.25, 0.3) is 0 Å². The van der Waals surface area contributed by atoms with E-state index in [9.17, 15) is 26.0 Å². The van der Waals surface area contributed by atoms with Crippen LogP contribution in [0.2, 0.25) is 15.1 Å². The predicted octanol–water partition coefficient (Wildman–Crippen LogP) is 3.19. The van der Waals surface area contributed by atoms with Gasteiger partial charge in [-0.3, -0.25) is 4.79 Å². The lowest BCUT2D eigenvalue weighted by atomic mass is 9.92. The SMILES string of the molecule is NC1CCC(NC(=O)C2N(S(=O)(=O)c3ccc(F)c(Cl)c3)CCN2S(=O)(=O)c2ccc(Cl)c(Cl)c2)CC1. The van der Waals surface area contributed by atoms with Crippen molar-refractivity contribution in [3.05, 3.63) is 57.3 Å². The van der Waals surface area contributed by atoms with Crippen molar-refractivity contribution in [1.29, 1.82) is 0 Å². The molecule has 1 aliphatic carbocycles. The Morgan fingerprint density at radius 2 is 1.35 bits per heavy atom. The quantitative estimate of drug-likeness (QED) is 0.515. The van der Waals surface area contributed by atoms with Crippen molar-refractivity contribution in [2.24, 2.45) is 5.73 Å². The van der Waals surface area contributed by atoms with E-state index in [-0.39, 0.29) is 45.0 Å². The zero-order valence-electron chi connectivity index (χ0n) is 19.3. The topological polar surface area (TPSA) is 130 Å². The first-order valence-corrected chi connectivity index (χ1v) is 15.3. The molecule has 1 saturated heterocycles. The number of nitrogens with zero attached hydrogens (tertiary/aromatic N) is 2. The van der Waals surface area contributed by atoms with Crippen LogP contribution in [0.15, 0.2) is 46.2 Å². The van der Waals surface area contributed by atoms with E-state index in [1.165, 1.54) is 12.1 Å². The first-order valence-electron chi connectivity index (χ1n) is 11.3. The number of sulfonamides is 2. The maximum atomic E-state index is 13.7. The number of halogens is 4. The van der Waals surface area contributed by atoms with Crippen molar-refractivity contribution in [3.8, 4) is 0 Å². The Bertz CT molecular complexity index is 1330. The molecule has 1 heterocycles. The van der Waals surface area contributed by atoms with E-state index >= 15 is 0 Å². The summed E-state index contributed by atoms with van der Waals surface area (Å²) in [6.07, 6.45) is 0.719. The lowest BCUT2D eigenvalue weighted by Gasteiger charge is -2.32. The molecule has 3 N–H and O–H groups in total. The highest BCUT2D eigenvalue weighted by Crippen LogP contribution is 2.33. The highest BCUT2D eigenvalue weighted by molar-refractivity contribution is 7.90. The molecule has 4 rings (SSSR count). The van der Waals surface area contributed by atoms with Gasteiger partial charge in [0.25, 0.3) is 5.91 Å². The van der Waals surface area contributed by atoms with E-state index in [2.05, 4.69) is 5.32 Å². The largest absolute Gasteiger partial charge is 0.351 e. The van der Waals surface area contributed by atoms with Crippen LogP contribution in [0.3, 0.4) is 0 Å². The molecule has 15 heteroatoms. The summed E-state index contributed by atoms with van der Waals surface area (Å²) < 4.78 is 69.6. The van der Waals surface area contributed by atoms with Gasteiger partial charge in [0.05, 0.1) is 24.9 Å². The lowest BCUT2D eigenvalue weighted by Crippen LogP contribution is -2.56. The molecular formula is C22H24Cl3FN4O5S2. The van der Waals surface area contributed by atoms with E-state index in [4.69, 9.17) is 40.5 Å². The monoisotopic (exact) mass is 612 g/mol. The van der Waals surface area contributed by atoms with Crippen LogP contribution in [0.4, 0.5) is 4.39 Å². The summed E-state index contributed by atoms with van der Waals surface area (Å²) in [6.45, 7) is -0.643. The molecule has 2 fully saturated rings. The fourth-order valence-electron chi connectivity index (χ4n) is 4.43. The summed E-state index contributed by atoms with van der Waals surface area (Å²) in [5.74, 6) is -1.63. The van der Waals surface area contributed by atoms with Crippen molar-refractivity contribution in [2.75, 3.05) is 13.1 Å². The number of nitrogens with two attached hydrogens (primary N) is 1. The molecule has 1 amide bonds. The molecule has 9 nitrogen and oxygen atoms in total. The molecule has 0 aromatic heterocycles. The summed E-state index contributed by atoms with van der Waals surface area (Å²) in [4.78, 5) is 12.9. The van der Waals surface area contributed by atoms with Crippen molar-refractivity contribution < 1.29 is 26.0 Å². The molecule has 1 atom stereocenters. The van der Waals surface area contributed by atoms with E-state index in [1.807, 2.05) is 0 Å². The van der Waals surface area contributed by atoms with Gasteiger partial charge in [-0.25, -0.2) is 21.2 Å². The third kappa shape index (κ3) is 5.76. The molecular weight excluding hydrogens is 590 g/mol. The van der Waals surface area contributed by atoms with Crippen molar-refractivity contribution in [1.82, 2.24) is 13.9 Å². The van der Waals surface area contributed by atoms with Crippen molar-refractivity contribution in [3.63, 3.8) is 0 Å².